The van der Waals surface area contributed by atoms with Crippen molar-refractivity contribution in [2.24, 2.45) is 0 Å². The molecule has 1 fully saturated rings. The van der Waals surface area contributed by atoms with Gasteiger partial charge in [0.1, 0.15) is 5.52 Å². The summed E-state index contributed by atoms with van der Waals surface area (Å²) in [5, 5.41) is 0. The van der Waals surface area contributed by atoms with Gasteiger partial charge >= 0.3 is 0 Å². The van der Waals surface area contributed by atoms with E-state index in [-0.39, 0.29) is 0 Å². The van der Waals surface area contributed by atoms with Crippen LogP contribution in [0.15, 0.2) is 57.8 Å². The Morgan fingerprint density at radius 1 is 1.00 bits per heavy atom. The number of aromatic nitrogens is 1. The largest absolute Gasteiger partial charge is 0.439 e. The molecule has 1 aliphatic heterocycles. The quantitative estimate of drug-likeness (QED) is 0.705. The van der Waals surface area contributed by atoms with Gasteiger partial charge in [-0.1, -0.05) is 30.3 Å². The number of oxazole rings is 1. The molecule has 7 heteroatoms. The van der Waals surface area contributed by atoms with Crippen LogP contribution in [-0.2, 0) is 16.6 Å². The zero-order chi connectivity index (χ0) is 18.1. The van der Waals surface area contributed by atoms with E-state index in [2.05, 4.69) is 9.88 Å². The van der Waals surface area contributed by atoms with Crippen LogP contribution in [0.3, 0.4) is 0 Å². The van der Waals surface area contributed by atoms with E-state index in [1.807, 2.05) is 43.3 Å². The fourth-order valence-corrected chi connectivity index (χ4v) is 4.94. The average Bonchev–Trinajstić information content (AvgIpc) is 3.04. The smallest absolute Gasteiger partial charge is 0.243 e. The first-order chi connectivity index (χ1) is 12.5. The molecule has 136 valence electrons. The van der Waals surface area contributed by atoms with E-state index in [1.54, 1.807) is 16.4 Å². The molecule has 0 aliphatic carbocycles. The number of benzene rings is 2. The maximum atomic E-state index is 12.9. The van der Waals surface area contributed by atoms with E-state index in [0.29, 0.717) is 43.5 Å². The summed E-state index contributed by atoms with van der Waals surface area (Å²) in [7, 11) is -3.44. The summed E-state index contributed by atoms with van der Waals surface area (Å²) in [4.78, 5) is 7.06. The van der Waals surface area contributed by atoms with Gasteiger partial charge in [0.15, 0.2) is 5.58 Å². The standard InChI is InChI=1S/C19H21N3O3S/c1-15-6-2-5-9-18(15)26(23,24)22-12-10-21(11-13-22)14-19-20-16-7-3-4-8-17(16)25-19/h2-9H,10-14H2,1H3. The molecule has 0 radical (unpaired) electrons. The van der Waals surface area contributed by atoms with Gasteiger partial charge in [0, 0.05) is 26.2 Å². The summed E-state index contributed by atoms with van der Waals surface area (Å²) in [6, 6.07) is 14.8. The van der Waals surface area contributed by atoms with Gasteiger partial charge in [0.05, 0.1) is 11.4 Å². The molecule has 26 heavy (non-hydrogen) atoms. The van der Waals surface area contributed by atoms with Crippen LogP contribution in [0, 0.1) is 6.92 Å². The van der Waals surface area contributed by atoms with Crippen LogP contribution in [0.5, 0.6) is 0 Å². The third kappa shape index (κ3) is 3.25. The molecule has 0 unspecified atom stereocenters. The van der Waals surface area contributed by atoms with E-state index in [0.717, 1.165) is 16.7 Å². The number of nitrogens with zero attached hydrogens (tertiary/aromatic N) is 3. The van der Waals surface area contributed by atoms with Gasteiger partial charge in [-0.25, -0.2) is 13.4 Å². The van der Waals surface area contributed by atoms with Crippen LogP contribution in [0.25, 0.3) is 11.1 Å². The zero-order valence-electron chi connectivity index (χ0n) is 14.6. The Morgan fingerprint density at radius 3 is 2.42 bits per heavy atom. The van der Waals surface area contributed by atoms with Gasteiger partial charge in [-0.05, 0) is 30.7 Å². The van der Waals surface area contributed by atoms with E-state index in [4.69, 9.17) is 4.42 Å². The zero-order valence-corrected chi connectivity index (χ0v) is 15.4. The number of hydrogen-bond acceptors (Lipinski definition) is 5. The Balaban J connectivity index is 1.43. The summed E-state index contributed by atoms with van der Waals surface area (Å²) in [5.74, 6) is 0.668. The Hall–Kier alpha value is -2.22. The number of piperazine rings is 1. The van der Waals surface area contributed by atoms with Gasteiger partial charge < -0.3 is 4.42 Å². The maximum absolute atomic E-state index is 12.9. The van der Waals surface area contributed by atoms with Crippen LogP contribution in [0.2, 0.25) is 0 Å². The highest BCUT2D eigenvalue weighted by molar-refractivity contribution is 7.89. The monoisotopic (exact) mass is 371 g/mol. The molecule has 0 N–H and O–H groups in total. The molecule has 0 atom stereocenters. The highest BCUT2D eigenvalue weighted by Crippen LogP contribution is 2.22. The minimum atomic E-state index is -3.44. The topological polar surface area (TPSA) is 66.7 Å². The third-order valence-corrected chi connectivity index (χ3v) is 6.80. The van der Waals surface area contributed by atoms with E-state index in [9.17, 15) is 8.42 Å². The minimum Gasteiger partial charge on any atom is -0.439 e. The van der Waals surface area contributed by atoms with E-state index >= 15 is 0 Å². The fourth-order valence-electron chi connectivity index (χ4n) is 3.29. The highest BCUT2D eigenvalue weighted by Gasteiger charge is 2.29. The molecular weight excluding hydrogens is 350 g/mol. The number of para-hydroxylation sites is 2. The number of aryl methyl sites for hydroxylation is 1. The lowest BCUT2D eigenvalue weighted by Crippen LogP contribution is -2.48. The number of sulfonamides is 1. The fraction of sp³-hybridized carbons (Fsp3) is 0.316. The second-order valence-corrected chi connectivity index (χ2v) is 8.43. The molecule has 6 nitrogen and oxygen atoms in total. The lowest BCUT2D eigenvalue weighted by atomic mass is 10.2. The molecule has 2 aromatic carbocycles. The Kier molecular flexibility index (Phi) is 4.52. The molecule has 0 saturated carbocycles. The van der Waals surface area contributed by atoms with Crippen LogP contribution in [0.4, 0.5) is 0 Å². The maximum Gasteiger partial charge on any atom is 0.243 e. The van der Waals surface area contributed by atoms with E-state index in [1.165, 1.54) is 0 Å². The van der Waals surface area contributed by atoms with Crippen LogP contribution in [-0.4, -0.2) is 48.8 Å². The number of fused-ring (bicyclic) bond motifs is 1. The Morgan fingerprint density at radius 2 is 1.69 bits per heavy atom. The van der Waals surface area contributed by atoms with Gasteiger partial charge in [-0.3, -0.25) is 4.90 Å². The lowest BCUT2D eigenvalue weighted by Gasteiger charge is -2.33. The van der Waals surface area contributed by atoms with Gasteiger partial charge in [-0.2, -0.15) is 4.31 Å². The summed E-state index contributed by atoms with van der Waals surface area (Å²) in [5.41, 5.74) is 2.41. The molecule has 1 aliphatic rings. The first-order valence-electron chi connectivity index (χ1n) is 8.66. The molecule has 0 amide bonds. The lowest BCUT2D eigenvalue weighted by molar-refractivity contribution is 0.169. The Labute approximate surface area is 153 Å². The number of rotatable bonds is 4. The first-order valence-corrected chi connectivity index (χ1v) is 10.1. The van der Waals surface area contributed by atoms with Gasteiger partial charge in [0.2, 0.25) is 15.9 Å². The van der Waals surface area contributed by atoms with Crippen LogP contribution < -0.4 is 0 Å². The van der Waals surface area contributed by atoms with Gasteiger partial charge in [-0.15, -0.1) is 0 Å². The van der Waals surface area contributed by atoms with E-state index < -0.39 is 10.0 Å². The summed E-state index contributed by atoms with van der Waals surface area (Å²) >= 11 is 0. The normalized spacial score (nSPS) is 17.0. The van der Waals surface area contributed by atoms with Crippen molar-refractivity contribution in [3.63, 3.8) is 0 Å². The van der Waals surface area contributed by atoms with Crippen molar-refractivity contribution in [2.75, 3.05) is 26.2 Å². The van der Waals surface area contributed by atoms with Gasteiger partial charge in [0.25, 0.3) is 0 Å². The van der Waals surface area contributed by atoms with Crippen molar-refractivity contribution < 1.29 is 12.8 Å². The predicted octanol–water partition coefficient (Wildman–Crippen LogP) is 2.64. The van der Waals surface area contributed by atoms with Crippen molar-refractivity contribution in [2.45, 2.75) is 18.4 Å². The molecule has 4 rings (SSSR count). The molecule has 0 spiro atoms. The molecule has 3 aromatic rings. The summed E-state index contributed by atoms with van der Waals surface area (Å²) in [6.07, 6.45) is 0. The Bertz CT molecular complexity index is 988. The third-order valence-electron chi connectivity index (χ3n) is 4.74. The van der Waals surface area contributed by atoms with Crippen molar-refractivity contribution in [1.29, 1.82) is 0 Å². The second kappa shape index (κ2) is 6.83. The minimum absolute atomic E-state index is 0.396. The first kappa shape index (κ1) is 17.2. The summed E-state index contributed by atoms with van der Waals surface area (Å²) in [6.45, 7) is 4.67. The molecule has 1 saturated heterocycles. The molecule has 0 bridgehead atoms. The van der Waals surface area contributed by atoms with Crippen molar-refractivity contribution in [1.82, 2.24) is 14.2 Å². The predicted molar refractivity (Wildman–Crippen MR) is 99.2 cm³/mol. The second-order valence-electron chi connectivity index (χ2n) is 6.52. The molecule has 2 heterocycles. The molecule has 1 aromatic heterocycles. The average molecular weight is 371 g/mol. The van der Waals surface area contributed by atoms with Crippen LogP contribution in [0.1, 0.15) is 11.5 Å². The van der Waals surface area contributed by atoms with Crippen LogP contribution >= 0.6 is 0 Å². The van der Waals surface area contributed by atoms with Crippen molar-refractivity contribution >= 4 is 21.1 Å². The van der Waals surface area contributed by atoms with Crippen molar-refractivity contribution in [3.05, 3.63) is 60.0 Å². The summed E-state index contributed by atoms with van der Waals surface area (Å²) < 4.78 is 33.1. The highest BCUT2D eigenvalue weighted by atomic mass is 32.2. The molecular formula is C19H21N3O3S. The van der Waals surface area contributed by atoms with Crippen molar-refractivity contribution in [3.8, 4) is 0 Å². The SMILES string of the molecule is Cc1ccccc1S(=O)(=O)N1CCN(Cc2nc3ccccc3o2)CC1. The number of hydrogen-bond donors (Lipinski definition) is 0.